The van der Waals surface area contributed by atoms with Gasteiger partial charge < -0.3 is 1.43 Å². The molecule has 0 atom stereocenters. The monoisotopic (exact) mass is 594 g/mol. The number of thiophene rings is 1. The van der Waals surface area contributed by atoms with Crippen molar-refractivity contribution >= 4 is 90.6 Å². The van der Waals surface area contributed by atoms with E-state index < -0.39 is 9.84 Å². The molecule has 1 aliphatic rings. The molecule has 0 saturated carbocycles. The van der Waals surface area contributed by atoms with Gasteiger partial charge in [-0.15, -0.1) is 11.3 Å². The van der Waals surface area contributed by atoms with Gasteiger partial charge in [-0.2, -0.15) is 0 Å². The molecule has 0 saturated heterocycles. The van der Waals surface area contributed by atoms with Gasteiger partial charge in [-0.3, -0.25) is 0 Å². The molecular formula is C24H18AlBr2LiO2S2. The molecule has 2 heterocycles. The van der Waals surface area contributed by atoms with Crippen LogP contribution in [0.5, 0.6) is 0 Å². The molecule has 0 aliphatic carbocycles. The molecule has 0 unspecified atom stereocenters. The maximum atomic E-state index is 12.2. The van der Waals surface area contributed by atoms with Gasteiger partial charge in [0.15, 0.2) is 17.4 Å². The summed E-state index contributed by atoms with van der Waals surface area (Å²) in [6, 6.07) is 27.4. The summed E-state index contributed by atoms with van der Waals surface area (Å²) < 4.78 is 29.1. The second kappa shape index (κ2) is 10.2. The standard InChI is InChI=1S/C12H7BrO2S.C12H7BrS.Al.Li.4H/c13-8-5-6-10-9-3-1-2-4-11(9)16(14,15)12(10)7-8;13-8-5-6-10-9-3-1-2-4-11(9)14-12(10)7-8;;;;;;/h1-7H;1-7H;;;;;;/q;;;+1;;;;-1. The van der Waals surface area contributed by atoms with Gasteiger partial charge in [0.1, 0.15) is 0 Å². The van der Waals surface area contributed by atoms with Crippen molar-refractivity contribution in [2.75, 3.05) is 0 Å². The molecule has 32 heavy (non-hydrogen) atoms. The number of sulfone groups is 1. The van der Waals surface area contributed by atoms with Crippen molar-refractivity contribution in [2.24, 2.45) is 0 Å². The van der Waals surface area contributed by atoms with Crippen LogP contribution in [0.15, 0.2) is 104 Å². The minimum absolute atomic E-state index is 0. The summed E-state index contributed by atoms with van der Waals surface area (Å²) in [6.07, 6.45) is 0. The Morgan fingerprint density at radius 2 is 1.25 bits per heavy atom. The maximum Gasteiger partial charge on any atom is 1.00 e. The van der Waals surface area contributed by atoms with Gasteiger partial charge in [-0.25, -0.2) is 8.42 Å². The van der Waals surface area contributed by atoms with Crippen LogP contribution in [0.1, 0.15) is 1.43 Å². The number of hydrogen-bond donors (Lipinski definition) is 0. The van der Waals surface area contributed by atoms with Gasteiger partial charge in [-0.05, 0) is 36.4 Å². The summed E-state index contributed by atoms with van der Waals surface area (Å²) >= 11 is 8.64. The molecule has 0 amide bonds. The third-order valence-electron chi connectivity index (χ3n) is 5.04. The molecule has 1 aliphatic heterocycles. The van der Waals surface area contributed by atoms with Gasteiger partial charge in [0.05, 0.1) is 9.79 Å². The van der Waals surface area contributed by atoms with E-state index in [4.69, 9.17) is 0 Å². The molecule has 156 valence electrons. The Balaban J connectivity index is 0.000000215. The second-order valence-corrected chi connectivity index (χ2v) is 11.7. The van der Waals surface area contributed by atoms with Crippen LogP contribution in [0.25, 0.3) is 31.3 Å². The largest absolute Gasteiger partial charge is 1.00 e. The molecule has 0 N–H and O–H groups in total. The Bertz CT molecular complexity index is 1560. The van der Waals surface area contributed by atoms with E-state index in [0.717, 1.165) is 20.1 Å². The molecule has 0 bridgehead atoms. The molecule has 8 heteroatoms. The van der Waals surface area contributed by atoms with Crippen molar-refractivity contribution in [3.05, 3.63) is 93.9 Å². The van der Waals surface area contributed by atoms with E-state index >= 15 is 0 Å². The molecule has 0 spiro atoms. The summed E-state index contributed by atoms with van der Waals surface area (Å²) in [5.74, 6) is 0. The Morgan fingerprint density at radius 1 is 0.656 bits per heavy atom. The van der Waals surface area contributed by atoms with E-state index in [1.807, 2.05) is 35.6 Å². The maximum absolute atomic E-state index is 12.2. The molecular weight excluding hydrogens is 578 g/mol. The summed E-state index contributed by atoms with van der Waals surface area (Å²) in [7, 11) is -3.32. The van der Waals surface area contributed by atoms with Crippen molar-refractivity contribution in [1.29, 1.82) is 0 Å². The summed E-state index contributed by atoms with van der Waals surface area (Å²) in [4.78, 5) is 0.797. The summed E-state index contributed by atoms with van der Waals surface area (Å²) in [5, 5.41) is 2.72. The van der Waals surface area contributed by atoms with Gasteiger partial charge in [0, 0.05) is 40.2 Å². The molecule has 1 aromatic heterocycles. The molecule has 5 aromatic rings. The first-order valence-corrected chi connectivity index (χ1v) is 13.0. The van der Waals surface area contributed by atoms with Crippen molar-refractivity contribution < 1.29 is 28.7 Å². The van der Waals surface area contributed by atoms with Gasteiger partial charge in [0.25, 0.3) is 0 Å². The predicted octanol–water partition coefficient (Wildman–Crippen LogP) is 4.01. The van der Waals surface area contributed by atoms with Gasteiger partial charge in [0.2, 0.25) is 9.84 Å². The number of fused-ring (bicyclic) bond motifs is 6. The Hall–Kier alpha value is -0.860. The normalized spacial score (nSPS) is 12.7. The fourth-order valence-electron chi connectivity index (χ4n) is 3.68. The quantitative estimate of drug-likeness (QED) is 0.249. The van der Waals surface area contributed by atoms with Crippen molar-refractivity contribution in [3.8, 4) is 11.1 Å². The third-order valence-corrected chi connectivity index (χ3v) is 9.01. The Kier molecular flexibility index (Phi) is 8.19. The fraction of sp³-hybridized carbons (Fsp3) is 0. The Labute approximate surface area is 232 Å². The zero-order valence-corrected chi connectivity index (χ0v) is 21.3. The number of hydrogen-bond acceptors (Lipinski definition) is 3. The van der Waals surface area contributed by atoms with E-state index in [0.29, 0.717) is 9.79 Å². The predicted molar refractivity (Wildman–Crippen MR) is 143 cm³/mol. The Morgan fingerprint density at radius 3 is 2.06 bits per heavy atom. The third kappa shape index (κ3) is 4.56. The van der Waals surface area contributed by atoms with E-state index in [1.165, 1.54) is 20.2 Å². The van der Waals surface area contributed by atoms with Crippen LogP contribution >= 0.6 is 43.2 Å². The van der Waals surface area contributed by atoms with Crippen LogP contribution in [-0.2, 0) is 9.84 Å². The zero-order valence-electron chi connectivity index (χ0n) is 17.5. The van der Waals surface area contributed by atoms with Gasteiger partial charge >= 0.3 is 18.9 Å². The average Bonchev–Trinajstić information content (AvgIpc) is 3.21. The van der Waals surface area contributed by atoms with Crippen LogP contribution in [0, 0.1) is 0 Å². The van der Waals surface area contributed by atoms with Crippen molar-refractivity contribution in [1.82, 2.24) is 0 Å². The van der Waals surface area contributed by atoms with Crippen molar-refractivity contribution in [2.45, 2.75) is 9.79 Å². The second-order valence-electron chi connectivity index (χ2n) is 6.88. The average molecular weight is 596 g/mol. The van der Waals surface area contributed by atoms with E-state index in [2.05, 4.69) is 74.3 Å². The first-order chi connectivity index (χ1) is 14.4. The van der Waals surface area contributed by atoms with Crippen LogP contribution in [0.3, 0.4) is 0 Å². The topological polar surface area (TPSA) is 34.1 Å². The number of halogens is 2. The van der Waals surface area contributed by atoms with E-state index in [9.17, 15) is 8.42 Å². The fourth-order valence-corrected chi connectivity index (χ4v) is 7.57. The molecule has 6 rings (SSSR count). The SMILES string of the molecule is Brc1ccc2c(c1)sc1ccccc12.O=S1(=O)c2ccccc2-c2ccc(Br)cc21.[AlH3].[H-].[Li+]. The molecule has 0 fully saturated rings. The van der Waals surface area contributed by atoms with Crippen LogP contribution < -0.4 is 18.9 Å². The smallest absolute Gasteiger partial charge is 1.00 e. The van der Waals surface area contributed by atoms with Crippen molar-refractivity contribution in [3.63, 3.8) is 0 Å². The minimum Gasteiger partial charge on any atom is -1.00 e. The molecule has 2 nitrogen and oxygen atoms in total. The zero-order chi connectivity index (χ0) is 20.9. The molecule has 4 aromatic carbocycles. The first kappa shape index (κ1) is 25.8. The van der Waals surface area contributed by atoms with Gasteiger partial charge in [-0.1, -0.05) is 80.4 Å². The van der Waals surface area contributed by atoms with E-state index in [1.54, 1.807) is 18.2 Å². The summed E-state index contributed by atoms with van der Waals surface area (Å²) in [5.41, 5.74) is 1.59. The van der Waals surface area contributed by atoms with Crippen LogP contribution in [0.4, 0.5) is 0 Å². The van der Waals surface area contributed by atoms with Crippen LogP contribution in [-0.4, -0.2) is 25.8 Å². The minimum atomic E-state index is -3.32. The number of rotatable bonds is 0. The number of benzene rings is 4. The molecule has 0 radical (unpaired) electrons. The summed E-state index contributed by atoms with van der Waals surface area (Å²) in [6.45, 7) is 0. The first-order valence-electron chi connectivity index (χ1n) is 9.16. The van der Waals surface area contributed by atoms with E-state index in [-0.39, 0.29) is 37.6 Å². The van der Waals surface area contributed by atoms with Crippen LogP contribution in [0.2, 0.25) is 0 Å².